The van der Waals surface area contributed by atoms with E-state index in [0.717, 1.165) is 35.4 Å². The molecule has 0 aliphatic heterocycles. The minimum Gasteiger partial charge on any atom is -0.399 e. The molecule has 0 saturated heterocycles. The molecule has 4 nitrogen and oxygen atoms in total. The van der Waals surface area contributed by atoms with Crippen molar-refractivity contribution < 1.29 is 9.59 Å². The summed E-state index contributed by atoms with van der Waals surface area (Å²) in [6.45, 7) is 0. The number of anilines is 1. The molecule has 6 heteroatoms. The van der Waals surface area contributed by atoms with Gasteiger partial charge < -0.3 is 11.1 Å². The molecule has 1 aliphatic carbocycles. The molecule has 0 radical (unpaired) electrons. The van der Waals surface area contributed by atoms with Gasteiger partial charge in [-0.2, -0.15) is 0 Å². The molecule has 2 aromatic rings. The van der Waals surface area contributed by atoms with Crippen LogP contribution in [0.3, 0.4) is 0 Å². The first-order valence-corrected chi connectivity index (χ1v) is 8.76. The number of carbonyl (C=O) groups excluding carboxylic acids is 2. The van der Waals surface area contributed by atoms with Gasteiger partial charge in [0.25, 0.3) is 0 Å². The largest absolute Gasteiger partial charge is 0.399 e. The summed E-state index contributed by atoms with van der Waals surface area (Å²) >= 11 is 1.42. The van der Waals surface area contributed by atoms with Gasteiger partial charge in [0.15, 0.2) is 5.78 Å². The van der Waals surface area contributed by atoms with Crippen molar-refractivity contribution in [2.75, 3.05) is 5.73 Å². The lowest BCUT2D eigenvalue weighted by Gasteiger charge is -2.26. The van der Waals surface area contributed by atoms with Crippen LogP contribution in [0.5, 0.6) is 0 Å². The summed E-state index contributed by atoms with van der Waals surface area (Å²) in [7, 11) is 0. The number of aryl methyl sites for hydroxylation is 1. The molecule has 24 heavy (non-hydrogen) atoms. The van der Waals surface area contributed by atoms with Crippen molar-refractivity contribution >= 4 is 41.1 Å². The lowest BCUT2D eigenvalue weighted by molar-refractivity contribution is -0.121. The Kier molecular flexibility index (Phi) is 6.40. The van der Waals surface area contributed by atoms with Crippen molar-refractivity contribution in [1.82, 2.24) is 5.32 Å². The third kappa shape index (κ3) is 4.36. The second-order valence-corrected chi connectivity index (χ2v) is 6.82. The van der Waals surface area contributed by atoms with Gasteiger partial charge >= 0.3 is 0 Å². The summed E-state index contributed by atoms with van der Waals surface area (Å²) in [6, 6.07) is 9.56. The number of nitrogens with two attached hydrogens (primary N) is 1. The predicted molar refractivity (Wildman–Crippen MR) is 99.8 cm³/mol. The smallest absolute Gasteiger partial charge is 0.220 e. The predicted octanol–water partition coefficient (Wildman–Crippen LogP) is 3.91. The van der Waals surface area contributed by atoms with Crippen molar-refractivity contribution in [2.45, 2.75) is 38.1 Å². The van der Waals surface area contributed by atoms with Crippen molar-refractivity contribution in [3.63, 3.8) is 0 Å². The van der Waals surface area contributed by atoms with Gasteiger partial charge in [0.05, 0.1) is 10.9 Å². The third-order valence-electron chi connectivity index (χ3n) is 4.19. The molecule has 0 fully saturated rings. The van der Waals surface area contributed by atoms with Crippen LogP contribution in [-0.4, -0.2) is 11.7 Å². The zero-order valence-corrected chi connectivity index (χ0v) is 14.9. The van der Waals surface area contributed by atoms with E-state index in [1.165, 1.54) is 16.9 Å². The summed E-state index contributed by atoms with van der Waals surface area (Å²) < 4.78 is 0. The number of amides is 1. The number of rotatable bonds is 5. The van der Waals surface area contributed by atoms with Crippen LogP contribution in [0.15, 0.2) is 35.7 Å². The van der Waals surface area contributed by atoms with Crippen molar-refractivity contribution in [3.05, 3.63) is 51.7 Å². The van der Waals surface area contributed by atoms with E-state index in [0.29, 0.717) is 0 Å². The van der Waals surface area contributed by atoms with Crippen LogP contribution in [0.25, 0.3) is 0 Å². The fourth-order valence-electron chi connectivity index (χ4n) is 3.04. The Hall–Kier alpha value is -1.85. The minimum atomic E-state index is -0.0652. The van der Waals surface area contributed by atoms with Crippen LogP contribution in [0.2, 0.25) is 0 Å². The maximum absolute atomic E-state index is 12.2. The standard InChI is InChI=1S/C18H20N2O2S.ClH/c19-13-6-7-14-12(11-13)3-1-4-15(14)20-18(22)9-8-16(21)17-5-2-10-23-17;/h2,5-7,10-11,15H,1,3-4,8-9,19H2,(H,20,22);1H. The number of Topliss-reactive ketones (excluding diaryl/α,β-unsaturated/α-hetero) is 1. The highest BCUT2D eigenvalue weighted by Gasteiger charge is 2.22. The molecule has 3 rings (SSSR count). The fourth-order valence-corrected chi connectivity index (χ4v) is 3.73. The Bertz CT molecular complexity index is 716. The monoisotopic (exact) mass is 364 g/mol. The second-order valence-electron chi connectivity index (χ2n) is 5.87. The zero-order valence-electron chi connectivity index (χ0n) is 13.3. The fraction of sp³-hybridized carbons (Fsp3) is 0.333. The maximum Gasteiger partial charge on any atom is 0.220 e. The number of nitrogen functional groups attached to an aromatic ring is 1. The van der Waals surface area contributed by atoms with Gasteiger partial charge in [-0.25, -0.2) is 0 Å². The quantitative estimate of drug-likeness (QED) is 0.624. The Morgan fingerprint density at radius 1 is 1.25 bits per heavy atom. The molecule has 1 heterocycles. The normalized spacial score (nSPS) is 15.9. The summed E-state index contributed by atoms with van der Waals surface area (Å²) in [6.07, 6.45) is 3.46. The van der Waals surface area contributed by atoms with Crippen LogP contribution in [-0.2, 0) is 11.2 Å². The van der Waals surface area contributed by atoms with E-state index in [1.807, 2.05) is 29.6 Å². The average molecular weight is 365 g/mol. The van der Waals surface area contributed by atoms with Gasteiger partial charge in [-0.15, -0.1) is 23.7 Å². The van der Waals surface area contributed by atoms with E-state index < -0.39 is 0 Å². The zero-order chi connectivity index (χ0) is 16.2. The van der Waals surface area contributed by atoms with E-state index >= 15 is 0 Å². The Morgan fingerprint density at radius 2 is 2.08 bits per heavy atom. The molecule has 1 aliphatic rings. The third-order valence-corrected chi connectivity index (χ3v) is 5.10. The SMILES string of the molecule is Cl.Nc1ccc2c(c1)CCCC2NC(=O)CCC(=O)c1cccs1. The van der Waals surface area contributed by atoms with Crippen molar-refractivity contribution in [2.24, 2.45) is 0 Å². The number of nitrogens with one attached hydrogen (secondary N) is 1. The molecular formula is C18H21ClN2O2S. The topological polar surface area (TPSA) is 72.2 Å². The van der Waals surface area contributed by atoms with Crippen molar-refractivity contribution in [3.8, 4) is 0 Å². The number of fused-ring (bicyclic) bond motifs is 1. The van der Waals surface area contributed by atoms with Crippen LogP contribution in [0.1, 0.15) is 52.5 Å². The molecule has 128 valence electrons. The number of hydrogen-bond acceptors (Lipinski definition) is 4. The molecule has 3 N–H and O–H groups in total. The molecule has 1 atom stereocenters. The summed E-state index contributed by atoms with van der Waals surface area (Å²) in [4.78, 5) is 24.9. The first-order chi connectivity index (χ1) is 11.1. The van der Waals surface area contributed by atoms with Crippen LogP contribution < -0.4 is 11.1 Å². The molecule has 1 unspecified atom stereocenters. The summed E-state index contributed by atoms with van der Waals surface area (Å²) in [5.41, 5.74) is 8.97. The summed E-state index contributed by atoms with van der Waals surface area (Å²) in [5, 5.41) is 4.94. The Morgan fingerprint density at radius 3 is 2.83 bits per heavy atom. The number of thiophene rings is 1. The van der Waals surface area contributed by atoms with E-state index in [4.69, 9.17) is 5.73 Å². The molecule has 0 spiro atoms. The highest BCUT2D eigenvalue weighted by Crippen LogP contribution is 2.31. The van der Waals surface area contributed by atoms with Crippen LogP contribution in [0.4, 0.5) is 5.69 Å². The number of ketones is 1. The number of carbonyl (C=O) groups is 2. The molecule has 0 bridgehead atoms. The van der Waals surface area contributed by atoms with Crippen LogP contribution in [0, 0.1) is 0 Å². The molecule has 1 aromatic heterocycles. The highest BCUT2D eigenvalue weighted by atomic mass is 35.5. The summed E-state index contributed by atoms with van der Waals surface area (Å²) in [5.74, 6) is -0.0310. The van der Waals surface area contributed by atoms with Gasteiger partial charge in [-0.1, -0.05) is 12.1 Å². The number of halogens is 1. The Balaban J connectivity index is 0.00000208. The van der Waals surface area contributed by atoms with E-state index in [1.54, 1.807) is 6.07 Å². The number of hydrogen-bond donors (Lipinski definition) is 2. The Labute approximate surface area is 151 Å². The molecule has 0 saturated carbocycles. The van der Waals surface area contributed by atoms with Crippen LogP contribution >= 0.6 is 23.7 Å². The first-order valence-electron chi connectivity index (χ1n) is 7.88. The molecular weight excluding hydrogens is 344 g/mol. The van der Waals surface area contributed by atoms with E-state index in [-0.39, 0.29) is 43.0 Å². The van der Waals surface area contributed by atoms with E-state index in [2.05, 4.69) is 5.32 Å². The maximum atomic E-state index is 12.2. The van der Waals surface area contributed by atoms with Gasteiger partial charge in [0, 0.05) is 18.5 Å². The van der Waals surface area contributed by atoms with Gasteiger partial charge in [0.1, 0.15) is 0 Å². The molecule has 1 aromatic carbocycles. The van der Waals surface area contributed by atoms with Gasteiger partial charge in [-0.05, 0) is 54.0 Å². The lowest BCUT2D eigenvalue weighted by Crippen LogP contribution is -2.31. The average Bonchev–Trinajstić information content (AvgIpc) is 3.07. The minimum absolute atomic E-state index is 0. The first kappa shape index (κ1) is 18.5. The van der Waals surface area contributed by atoms with Gasteiger partial charge in [-0.3, -0.25) is 9.59 Å². The lowest BCUT2D eigenvalue weighted by atomic mass is 9.87. The number of benzene rings is 1. The molecule has 1 amide bonds. The van der Waals surface area contributed by atoms with E-state index in [9.17, 15) is 9.59 Å². The van der Waals surface area contributed by atoms with Gasteiger partial charge in [0.2, 0.25) is 5.91 Å². The second kappa shape index (κ2) is 8.31. The highest BCUT2D eigenvalue weighted by molar-refractivity contribution is 7.12. The van der Waals surface area contributed by atoms with Crippen molar-refractivity contribution in [1.29, 1.82) is 0 Å².